The van der Waals surface area contributed by atoms with Gasteiger partial charge < -0.3 is 14.4 Å². The van der Waals surface area contributed by atoms with Crippen molar-refractivity contribution in [3.8, 4) is 0 Å². The van der Waals surface area contributed by atoms with Gasteiger partial charge in [-0.3, -0.25) is 14.5 Å². The van der Waals surface area contributed by atoms with Crippen LogP contribution >= 0.6 is 0 Å². The lowest BCUT2D eigenvalue weighted by molar-refractivity contribution is -0.142. The lowest BCUT2D eigenvalue weighted by Crippen LogP contribution is -2.51. The smallest absolute Gasteiger partial charge is 0.306 e. The highest BCUT2D eigenvalue weighted by Crippen LogP contribution is 2.23. The zero-order chi connectivity index (χ0) is 14.5. The van der Waals surface area contributed by atoms with Crippen LogP contribution in [0.2, 0.25) is 0 Å². The number of esters is 1. The Hall–Kier alpha value is -1.14. The Morgan fingerprint density at radius 3 is 2.50 bits per heavy atom. The van der Waals surface area contributed by atoms with Gasteiger partial charge in [0.2, 0.25) is 5.91 Å². The summed E-state index contributed by atoms with van der Waals surface area (Å²) in [6.45, 7) is 6.50. The average molecular weight is 284 g/mol. The number of methoxy groups -OCH3 is 1. The fourth-order valence-corrected chi connectivity index (χ4v) is 2.83. The summed E-state index contributed by atoms with van der Waals surface area (Å²) in [5.41, 5.74) is 0. The third-order valence-electron chi connectivity index (χ3n) is 4.24. The van der Waals surface area contributed by atoms with E-state index >= 15 is 0 Å². The van der Waals surface area contributed by atoms with Gasteiger partial charge in [0, 0.05) is 39.3 Å². The van der Waals surface area contributed by atoms with Crippen molar-refractivity contribution < 1.29 is 19.1 Å². The van der Waals surface area contributed by atoms with E-state index in [4.69, 9.17) is 4.74 Å². The highest BCUT2D eigenvalue weighted by molar-refractivity contribution is 5.79. The standard InChI is InChI=1S/C14H24N2O4/c1-11-12(4-10-20-11)14(18)16-8-6-15(7-9-16)5-3-13(17)19-2/h11-12H,3-10H2,1-2H3. The van der Waals surface area contributed by atoms with Crippen molar-refractivity contribution in [2.45, 2.75) is 25.9 Å². The lowest BCUT2D eigenvalue weighted by Gasteiger charge is -2.36. The number of carbonyl (C=O) groups is 2. The Kier molecular flexibility index (Phi) is 5.37. The minimum absolute atomic E-state index is 0.0246. The van der Waals surface area contributed by atoms with Crippen LogP contribution in [0.3, 0.4) is 0 Å². The van der Waals surface area contributed by atoms with Gasteiger partial charge in [-0.1, -0.05) is 0 Å². The Balaban J connectivity index is 1.73. The van der Waals surface area contributed by atoms with E-state index in [1.807, 2.05) is 11.8 Å². The molecule has 6 nitrogen and oxygen atoms in total. The largest absolute Gasteiger partial charge is 0.469 e. The maximum Gasteiger partial charge on any atom is 0.306 e. The van der Waals surface area contributed by atoms with Crippen molar-refractivity contribution in [1.82, 2.24) is 9.80 Å². The maximum atomic E-state index is 12.4. The topological polar surface area (TPSA) is 59.1 Å². The quantitative estimate of drug-likeness (QED) is 0.686. The summed E-state index contributed by atoms with van der Waals surface area (Å²) >= 11 is 0. The summed E-state index contributed by atoms with van der Waals surface area (Å²) in [5.74, 6) is 0.0691. The van der Waals surface area contributed by atoms with E-state index in [0.717, 1.165) is 32.6 Å². The van der Waals surface area contributed by atoms with Crippen molar-refractivity contribution in [3.63, 3.8) is 0 Å². The van der Waals surface area contributed by atoms with E-state index in [0.29, 0.717) is 19.6 Å². The number of rotatable bonds is 4. The normalized spacial score (nSPS) is 27.6. The molecule has 2 rings (SSSR count). The predicted molar refractivity (Wildman–Crippen MR) is 73.2 cm³/mol. The van der Waals surface area contributed by atoms with Gasteiger partial charge in [-0.05, 0) is 13.3 Å². The molecular formula is C14H24N2O4. The Labute approximate surface area is 120 Å². The molecule has 0 saturated carbocycles. The van der Waals surface area contributed by atoms with E-state index in [2.05, 4.69) is 9.64 Å². The van der Waals surface area contributed by atoms with Gasteiger partial charge in [0.15, 0.2) is 0 Å². The van der Waals surface area contributed by atoms with Gasteiger partial charge in [-0.2, -0.15) is 0 Å². The van der Waals surface area contributed by atoms with Crippen molar-refractivity contribution in [2.24, 2.45) is 5.92 Å². The molecule has 0 aromatic carbocycles. The Bertz CT molecular complexity index is 353. The van der Waals surface area contributed by atoms with Crippen LogP contribution in [0.5, 0.6) is 0 Å². The van der Waals surface area contributed by atoms with Crippen LogP contribution in [-0.2, 0) is 19.1 Å². The molecule has 0 aromatic rings. The summed E-state index contributed by atoms with van der Waals surface area (Å²) in [7, 11) is 1.41. The van der Waals surface area contributed by atoms with Crippen molar-refractivity contribution in [3.05, 3.63) is 0 Å². The first-order chi connectivity index (χ1) is 9.61. The van der Waals surface area contributed by atoms with Gasteiger partial charge >= 0.3 is 5.97 Å². The number of piperazine rings is 1. The van der Waals surface area contributed by atoms with Gasteiger partial charge in [0.1, 0.15) is 0 Å². The zero-order valence-corrected chi connectivity index (χ0v) is 12.3. The van der Waals surface area contributed by atoms with Gasteiger partial charge in [-0.25, -0.2) is 0 Å². The molecule has 1 amide bonds. The number of nitrogens with zero attached hydrogens (tertiary/aromatic N) is 2. The second-order valence-electron chi connectivity index (χ2n) is 5.46. The molecule has 0 radical (unpaired) electrons. The Morgan fingerprint density at radius 2 is 1.95 bits per heavy atom. The first-order valence-corrected chi connectivity index (χ1v) is 7.31. The second kappa shape index (κ2) is 7.04. The molecule has 0 bridgehead atoms. The van der Waals surface area contributed by atoms with Crippen LogP contribution in [0.15, 0.2) is 0 Å². The molecule has 6 heteroatoms. The number of amides is 1. The molecule has 0 N–H and O–H groups in total. The molecule has 20 heavy (non-hydrogen) atoms. The summed E-state index contributed by atoms with van der Waals surface area (Å²) < 4.78 is 10.1. The van der Waals surface area contributed by atoms with E-state index in [1.165, 1.54) is 7.11 Å². The molecule has 0 aromatic heterocycles. The molecule has 114 valence electrons. The molecule has 2 aliphatic rings. The van der Waals surface area contributed by atoms with Gasteiger partial charge in [-0.15, -0.1) is 0 Å². The predicted octanol–water partition coefficient (Wildman–Crippen LogP) is 0.119. The van der Waals surface area contributed by atoms with Crippen molar-refractivity contribution in [2.75, 3.05) is 46.4 Å². The van der Waals surface area contributed by atoms with Crippen LogP contribution in [0.1, 0.15) is 19.8 Å². The molecule has 2 heterocycles. The first kappa shape index (κ1) is 15.3. The number of carbonyl (C=O) groups excluding carboxylic acids is 2. The highest BCUT2D eigenvalue weighted by Gasteiger charge is 2.34. The summed E-state index contributed by atoms with van der Waals surface area (Å²) in [6.07, 6.45) is 1.29. The number of hydrogen-bond acceptors (Lipinski definition) is 5. The molecule has 0 aliphatic carbocycles. The fourth-order valence-electron chi connectivity index (χ4n) is 2.83. The van der Waals surface area contributed by atoms with E-state index in [-0.39, 0.29) is 23.9 Å². The molecule has 2 atom stereocenters. The van der Waals surface area contributed by atoms with Crippen LogP contribution in [0, 0.1) is 5.92 Å². The fraction of sp³-hybridized carbons (Fsp3) is 0.857. The van der Waals surface area contributed by atoms with Gasteiger partial charge in [0.25, 0.3) is 0 Å². The van der Waals surface area contributed by atoms with E-state index in [1.54, 1.807) is 0 Å². The molecule has 2 aliphatic heterocycles. The first-order valence-electron chi connectivity index (χ1n) is 7.31. The molecular weight excluding hydrogens is 260 g/mol. The molecule has 2 saturated heterocycles. The third-order valence-corrected chi connectivity index (χ3v) is 4.24. The van der Waals surface area contributed by atoms with Crippen molar-refractivity contribution in [1.29, 1.82) is 0 Å². The molecule has 2 unspecified atom stereocenters. The zero-order valence-electron chi connectivity index (χ0n) is 12.3. The summed E-state index contributed by atoms with van der Waals surface area (Å²) in [4.78, 5) is 27.6. The number of ether oxygens (including phenoxy) is 2. The summed E-state index contributed by atoms with van der Waals surface area (Å²) in [5, 5.41) is 0. The minimum atomic E-state index is -0.180. The van der Waals surface area contributed by atoms with Gasteiger partial charge in [0.05, 0.1) is 25.6 Å². The van der Waals surface area contributed by atoms with Crippen molar-refractivity contribution >= 4 is 11.9 Å². The van der Waals surface area contributed by atoms with Crippen LogP contribution < -0.4 is 0 Å². The average Bonchev–Trinajstić information content (AvgIpc) is 2.90. The lowest BCUT2D eigenvalue weighted by atomic mass is 10.0. The van der Waals surface area contributed by atoms with Crippen LogP contribution in [0.4, 0.5) is 0 Å². The third kappa shape index (κ3) is 3.70. The van der Waals surface area contributed by atoms with E-state index < -0.39 is 0 Å². The molecule has 2 fully saturated rings. The summed E-state index contributed by atoms with van der Waals surface area (Å²) in [6, 6.07) is 0. The molecule has 0 spiro atoms. The Morgan fingerprint density at radius 1 is 1.25 bits per heavy atom. The minimum Gasteiger partial charge on any atom is -0.469 e. The second-order valence-corrected chi connectivity index (χ2v) is 5.46. The number of hydrogen-bond donors (Lipinski definition) is 0. The van der Waals surface area contributed by atoms with E-state index in [9.17, 15) is 9.59 Å². The maximum absolute atomic E-state index is 12.4. The monoisotopic (exact) mass is 284 g/mol. The van der Waals surface area contributed by atoms with Crippen LogP contribution in [-0.4, -0.2) is 74.2 Å². The van der Waals surface area contributed by atoms with Crippen LogP contribution in [0.25, 0.3) is 0 Å². The SMILES string of the molecule is COC(=O)CCN1CCN(C(=O)C2CCOC2C)CC1. The highest BCUT2D eigenvalue weighted by atomic mass is 16.5.